The number of hydrazone groups is 1. The Morgan fingerprint density at radius 1 is 1.03 bits per heavy atom. The van der Waals surface area contributed by atoms with Crippen molar-refractivity contribution >= 4 is 38.7 Å². The number of amides is 1. The van der Waals surface area contributed by atoms with Crippen LogP contribution in [0, 0.1) is 10.1 Å². The van der Waals surface area contributed by atoms with Gasteiger partial charge in [0.15, 0.2) is 5.71 Å². The molecule has 0 saturated heterocycles. The van der Waals surface area contributed by atoms with Crippen LogP contribution in [0.3, 0.4) is 0 Å². The largest absolute Gasteiger partial charge is 0.302 e. The van der Waals surface area contributed by atoms with Crippen LogP contribution in [0.15, 0.2) is 82.8 Å². The average Bonchev–Trinajstić information content (AvgIpc) is 3.08. The van der Waals surface area contributed by atoms with E-state index < -0.39 is 20.9 Å². The van der Waals surface area contributed by atoms with E-state index in [4.69, 9.17) is 0 Å². The summed E-state index contributed by atoms with van der Waals surface area (Å²) in [4.78, 5) is 25.6. The molecule has 0 bridgehead atoms. The molecule has 3 aromatic carbocycles. The van der Waals surface area contributed by atoms with E-state index in [0.29, 0.717) is 11.3 Å². The molecule has 0 atom stereocenters. The maximum atomic E-state index is 13.4. The van der Waals surface area contributed by atoms with Crippen molar-refractivity contribution in [1.29, 1.82) is 0 Å². The first-order valence-electron chi connectivity index (χ1n) is 10.2. The Labute approximate surface area is 196 Å². The third-order valence-corrected chi connectivity index (χ3v) is 7.12. The Morgan fingerprint density at radius 3 is 2.38 bits per heavy atom. The Kier molecular flexibility index (Phi) is 6.14. The summed E-state index contributed by atoms with van der Waals surface area (Å²) < 4.78 is 26.5. The molecule has 4 rings (SSSR count). The van der Waals surface area contributed by atoms with Gasteiger partial charge in [-0.05, 0) is 29.8 Å². The SMILES string of the molecule is CN(C)S(=O)(=O)c1ccc2c(c1)/C(=N/Nc1ccccc1[N+](=O)[O-])C(=O)N2Cc1ccccc1. The van der Waals surface area contributed by atoms with Crippen LogP contribution in [-0.4, -0.2) is 43.4 Å². The number of carbonyl (C=O) groups excluding carboxylic acids is 1. The number of sulfonamides is 1. The third kappa shape index (κ3) is 4.26. The van der Waals surface area contributed by atoms with Crippen LogP contribution in [0.2, 0.25) is 0 Å². The molecule has 0 aromatic heterocycles. The Bertz CT molecular complexity index is 1400. The van der Waals surface area contributed by atoms with E-state index in [2.05, 4.69) is 10.5 Å². The molecule has 10 nitrogen and oxygen atoms in total. The second-order valence-corrected chi connectivity index (χ2v) is 9.84. The lowest BCUT2D eigenvalue weighted by Crippen LogP contribution is -2.30. The number of para-hydroxylation sites is 2. The number of fused-ring (bicyclic) bond motifs is 1. The van der Waals surface area contributed by atoms with E-state index in [1.165, 1.54) is 49.3 Å². The summed E-state index contributed by atoms with van der Waals surface area (Å²) in [5, 5.41) is 15.5. The second-order valence-electron chi connectivity index (χ2n) is 7.69. The number of nitro groups is 1. The van der Waals surface area contributed by atoms with Gasteiger partial charge in [-0.1, -0.05) is 42.5 Å². The van der Waals surface area contributed by atoms with Gasteiger partial charge >= 0.3 is 0 Å². The van der Waals surface area contributed by atoms with Gasteiger partial charge in [0.05, 0.1) is 22.1 Å². The van der Waals surface area contributed by atoms with Gasteiger partial charge in [0.2, 0.25) is 10.0 Å². The summed E-state index contributed by atoms with van der Waals surface area (Å²) in [7, 11) is -0.928. The first-order chi connectivity index (χ1) is 16.2. The molecule has 0 radical (unpaired) electrons. The van der Waals surface area contributed by atoms with Gasteiger partial charge in [0.1, 0.15) is 5.69 Å². The van der Waals surface area contributed by atoms with Crippen molar-refractivity contribution in [2.45, 2.75) is 11.4 Å². The van der Waals surface area contributed by atoms with Crippen molar-refractivity contribution in [1.82, 2.24) is 4.31 Å². The van der Waals surface area contributed by atoms with Crippen molar-refractivity contribution in [3.8, 4) is 0 Å². The predicted octanol–water partition coefficient (Wildman–Crippen LogP) is 3.21. The molecule has 1 N–H and O–H groups in total. The molecule has 0 fully saturated rings. The Balaban J connectivity index is 1.80. The summed E-state index contributed by atoms with van der Waals surface area (Å²) >= 11 is 0. The maximum Gasteiger partial charge on any atom is 0.294 e. The van der Waals surface area contributed by atoms with E-state index in [1.54, 1.807) is 12.1 Å². The zero-order valence-electron chi connectivity index (χ0n) is 18.4. The van der Waals surface area contributed by atoms with Gasteiger partial charge in [-0.15, -0.1) is 0 Å². The summed E-state index contributed by atoms with van der Waals surface area (Å²) in [6.07, 6.45) is 0. The minimum atomic E-state index is -3.76. The number of rotatable bonds is 7. The number of nitro benzene ring substituents is 1. The second kappa shape index (κ2) is 9.04. The highest BCUT2D eigenvalue weighted by molar-refractivity contribution is 7.89. The van der Waals surface area contributed by atoms with Crippen LogP contribution in [0.1, 0.15) is 11.1 Å². The molecule has 1 aliphatic heterocycles. The lowest BCUT2D eigenvalue weighted by atomic mass is 10.1. The minimum Gasteiger partial charge on any atom is -0.302 e. The summed E-state index contributed by atoms with van der Waals surface area (Å²) in [5.74, 6) is -0.454. The molecular formula is C23H21N5O5S. The zero-order valence-corrected chi connectivity index (χ0v) is 19.2. The van der Waals surface area contributed by atoms with Gasteiger partial charge in [-0.2, -0.15) is 5.10 Å². The van der Waals surface area contributed by atoms with E-state index in [9.17, 15) is 23.3 Å². The van der Waals surface area contributed by atoms with E-state index >= 15 is 0 Å². The van der Waals surface area contributed by atoms with Crippen LogP contribution in [0.4, 0.5) is 17.1 Å². The standard InChI is InChI=1S/C23H21N5O5S/c1-26(2)34(32,33)17-12-13-20-18(14-17)22(23(29)27(20)15-16-8-4-3-5-9-16)25-24-19-10-6-7-11-21(19)28(30)31/h3-14,24H,15H2,1-2H3/b25-22-. The molecular weight excluding hydrogens is 458 g/mol. The van der Waals surface area contributed by atoms with Crippen molar-refractivity contribution in [3.05, 3.63) is 94.0 Å². The van der Waals surface area contributed by atoms with Crippen molar-refractivity contribution in [2.24, 2.45) is 5.10 Å². The zero-order chi connectivity index (χ0) is 24.5. The van der Waals surface area contributed by atoms with Crippen LogP contribution in [-0.2, 0) is 21.4 Å². The number of hydrogen-bond acceptors (Lipinski definition) is 7. The lowest BCUT2D eigenvalue weighted by molar-refractivity contribution is -0.384. The fraction of sp³-hybridized carbons (Fsp3) is 0.130. The number of hydrogen-bond donors (Lipinski definition) is 1. The molecule has 1 amide bonds. The molecule has 3 aromatic rings. The highest BCUT2D eigenvalue weighted by Crippen LogP contribution is 2.34. The Morgan fingerprint density at radius 2 is 1.71 bits per heavy atom. The van der Waals surface area contributed by atoms with E-state index in [0.717, 1.165) is 9.87 Å². The fourth-order valence-corrected chi connectivity index (χ4v) is 4.47. The van der Waals surface area contributed by atoms with E-state index in [1.807, 2.05) is 30.3 Å². The minimum absolute atomic E-state index is 0.00371. The first-order valence-corrected chi connectivity index (χ1v) is 11.6. The number of carbonyl (C=O) groups is 1. The first kappa shape index (κ1) is 23.1. The molecule has 11 heteroatoms. The molecule has 34 heavy (non-hydrogen) atoms. The molecule has 0 aliphatic carbocycles. The number of anilines is 2. The van der Waals surface area contributed by atoms with Gasteiger partial charge in [0.25, 0.3) is 11.6 Å². The molecule has 1 aliphatic rings. The smallest absolute Gasteiger partial charge is 0.294 e. The Hall–Kier alpha value is -4.09. The van der Waals surface area contributed by atoms with Crippen molar-refractivity contribution in [2.75, 3.05) is 24.4 Å². The third-order valence-electron chi connectivity index (χ3n) is 5.31. The highest BCUT2D eigenvalue weighted by atomic mass is 32.2. The predicted molar refractivity (Wildman–Crippen MR) is 128 cm³/mol. The van der Waals surface area contributed by atoms with Crippen molar-refractivity contribution < 1.29 is 18.1 Å². The van der Waals surface area contributed by atoms with Crippen LogP contribution in [0.5, 0.6) is 0 Å². The maximum absolute atomic E-state index is 13.4. The monoisotopic (exact) mass is 479 g/mol. The molecule has 0 saturated carbocycles. The molecule has 174 valence electrons. The van der Waals surface area contributed by atoms with Crippen LogP contribution < -0.4 is 10.3 Å². The molecule has 0 spiro atoms. The number of nitrogens with zero attached hydrogens (tertiary/aromatic N) is 4. The molecule has 1 heterocycles. The van der Waals surface area contributed by atoms with Gasteiger partial charge in [-0.25, -0.2) is 12.7 Å². The number of nitrogens with one attached hydrogen (secondary N) is 1. The summed E-state index contributed by atoms with van der Waals surface area (Å²) in [6, 6.07) is 19.6. The van der Waals surface area contributed by atoms with Crippen LogP contribution >= 0.6 is 0 Å². The fourth-order valence-electron chi connectivity index (χ4n) is 3.54. The highest BCUT2D eigenvalue weighted by Gasteiger charge is 2.36. The van der Waals surface area contributed by atoms with Gasteiger partial charge in [-0.3, -0.25) is 20.3 Å². The quantitative estimate of drug-likeness (QED) is 0.410. The molecule has 0 unspecified atom stereocenters. The van der Waals surface area contributed by atoms with Gasteiger partial charge in [0, 0.05) is 25.7 Å². The average molecular weight is 480 g/mol. The summed E-state index contributed by atoms with van der Waals surface area (Å²) in [6.45, 7) is 0.247. The lowest BCUT2D eigenvalue weighted by Gasteiger charge is -2.17. The normalized spacial score (nSPS) is 14.5. The van der Waals surface area contributed by atoms with E-state index in [-0.39, 0.29) is 28.5 Å². The summed E-state index contributed by atoms with van der Waals surface area (Å²) in [5.41, 5.74) is 4.15. The number of benzene rings is 3. The topological polar surface area (TPSA) is 125 Å². The van der Waals surface area contributed by atoms with Crippen molar-refractivity contribution in [3.63, 3.8) is 0 Å². The van der Waals surface area contributed by atoms with Crippen LogP contribution in [0.25, 0.3) is 0 Å². The van der Waals surface area contributed by atoms with Gasteiger partial charge < -0.3 is 4.90 Å².